The Kier molecular flexibility index (Phi) is 21.1. The van der Waals surface area contributed by atoms with Crippen molar-refractivity contribution in [2.75, 3.05) is 27.9 Å². The number of carbonyl (C=O) groups is 4. The Morgan fingerprint density at radius 2 is 1.55 bits per heavy atom. The van der Waals surface area contributed by atoms with Gasteiger partial charge in [-0.1, -0.05) is 71.1 Å². The summed E-state index contributed by atoms with van der Waals surface area (Å²) in [6, 6.07) is -1.10. The van der Waals surface area contributed by atoms with Crippen LogP contribution < -0.4 is 0 Å². The van der Waals surface area contributed by atoms with Gasteiger partial charge in [-0.05, 0) is 119 Å². The van der Waals surface area contributed by atoms with E-state index >= 15 is 0 Å². The van der Waals surface area contributed by atoms with Crippen molar-refractivity contribution in [1.82, 2.24) is 4.90 Å². The zero-order valence-electron chi connectivity index (χ0n) is 40.4. The maximum atomic E-state index is 14.4. The number of fused-ring (bicyclic) bond motifs is 3. The second kappa shape index (κ2) is 25.2. The number of cyclic esters (lactones) is 1. The molecule has 1 unspecified atom stereocenters. The number of piperidine rings is 1. The quantitative estimate of drug-likeness (QED) is 0.142. The lowest BCUT2D eigenvalue weighted by atomic mass is 9.78. The second-order valence-corrected chi connectivity index (χ2v) is 19.7. The van der Waals surface area contributed by atoms with E-state index in [1.807, 2.05) is 38.2 Å². The zero-order valence-corrected chi connectivity index (χ0v) is 40.4. The molecule has 0 aromatic carbocycles. The highest BCUT2D eigenvalue weighted by Gasteiger charge is 2.53. The molecule has 0 spiro atoms. The first kappa shape index (κ1) is 53.6. The Morgan fingerprint density at radius 3 is 2.23 bits per heavy atom. The Balaban J connectivity index is 1.68. The van der Waals surface area contributed by atoms with Gasteiger partial charge in [-0.25, -0.2) is 4.79 Å². The van der Waals surface area contributed by atoms with Gasteiger partial charge in [-0.15, -0.1) is 0 Å². The van der Waals surface area contributed by atoms with Gasteiger partial charge in [0.1, 0.15) is 24.0 Å². The Morgan fingerprint density at radius 1 is 0.828 bits per heavy atom. The third kappa shape index (κ3) is 14.5. The monoisotopic (exact) mass is 900 g/mol. The third-order valence-corrected chi connectivity index (χ3v) is 14.5. The molecule has 1 saturated carbocycles. The van der Waals surface area contributed by atoms with Gasteiger partial charge in [0.05, 0.1) is 30.5 Å². The molecule has 15 atom stereocenters. The van der Waals surface area contributed by atoms with Gasteiger partial charge in [-0.2, -0.15) is 0 Å². The number of aliphatic hydroxyl groups excluding tert-OH is 2. The number of Topliss-reactive ketones (excluding diaryl/α,β-unsaturated/α-hetero) is 2. The van der Waals surface area contributed by atoms with Crippen molar-refractivity contribution in [3.05, 3.63) is 47.6 Å². The average Bonchev–Trinajstić information content (AvgIpc) is 3.27. The number of ketones is 2. The van der Waals surface area contributed by atoms with Crippen molar-refractivity contribution in [3.8, 4) is 0 Å². The van der Waals surface area contributed by atoms with Crippen LogP contribution in [0.25, 0.3) is 0 Å². The number of allylic oxidation sites excluding steroid dienone is 6. The van der Waals surface area contributed by atoms with Crippen molar-refractivity contribution < 1.29 is 58.2 Å². The van der Waals surface area contributed by atoms with Crippen LogP contribution in [0.15, 0.2) is 47.6 Å². The molecule has 4 aliphatic rings. The van der Waals surface area contributed by atoms with E-state index in [1.54, 1.807) is 48.2 Å². The van der Waals surface area contributed by atoms with Crippen LogP contribution in [0, 0.1) is 35.5 Å². The second-order valence-electron chi connectivity index (χ2n) is 19.7. The molecular weight excluding hydrogens is 819 g/mol. The zero-order chi connectivity index (χ0) is 47.3. The van der Waals surface area contributed by atoms with Crippen LogP contribution in [0.4, 0.5) is 0 Å². The highest BCUT2D eigenvalue weighted by atomic mass is 16.6. The van der Waals surface area contributed by atoms with Gasteiger partial charge in [0.2, 0.25) is 5.79 Å². The van der Waals surface area contributed by atoms with Gasteiger partial charge in [-0.3, -0.25) is 14.4 Å². The molecule has 0 aromatic rings. The maximum Gasteiger partial charge on any atom is 0.329 e. The van der Waals surface area contributed by atoms with Crippen LogP contribution >= 0.6 is 0 Å². The summed E-state index contributed by atoms with van der Waals surface area (Å²) in [5, 5.41) is 33.9. The predicted molar refractivity (Wildman–Crippen MR) is 245 cm³/mol. The van der Waals surface area contributed by atoms with Crippen molar-refractivity contribution in [2.24, 2.45) is 35.5 Å². The summed E-state index contributed by atoms with van der Waals surface area (Å²) in [5.74, 6) is -6.38. The Labute approximate surface area is 383 Å². The van der Waals surface area contributed by atoms with Crippen molar-refractivity contribution in [1.29, 1.82) is 0 Å². The number of carbonyl (C=O) groups excluding carboxylic acids is 4. The normalized spacial score (nSPS) is 39.5. The molecule has 3 N–H and O–H groups in total. The number of amides is 1. The van der Waals surface area contributed by atoms with Gasteiger partial charge in [0.25, 0.3) is 11.7 Å². The average molecular weight is 900 g/mol. The van der Waals surface area contributed by atoms with Gasteiger partial charge in [0.15, 0.2) is 0 Å². The third-order valence-electron chi connectivity index (χ3n) is 14.5. The molecule has 1 aliphatic carbocycles. The smallest absolute Gasteiger partial charge is 0.329 e. The van der Waals surface area contributed by atoms with Crippen molar-refractivity contribution in [3.63, 3.8) is 0 Å². The summed E-state index contributed by atoms with van der Waals surface area (Å²) < 4.78 is 29.7. The van der Waals surface area contributed by atoms with Crippen LogP contribution in [0.1, 0.15) is 132 Å². The molecule has 0 aromatic heterocycles. The molecule has 3 fully saturated rings. The summed E-state index contributed by atoms with van der Waals surface area (Å²) in [7, 11) is 4.78. The lowest BCUT2D eigenvalue weighted by molar-refractivity contribution is -0.265. The van der Waals surface area contributed by atoms with Crippen molar-refractivity contribution >= 4 is 23.4 Å². The minimum absolute atomic E-state index is 0.106. The number of hydrogen-bond acceptors (Lipinski definition) is 12. The number of hydrogen-bond donors (Lipinski definition) is 3. The van der Waals surface area contributed by atoms with Crippen molar-refractivity contribution in [2.45, 2.75) is 186 Å². The summed E-state index contributed by atoms with van der Waals surface area (Å²) in [5.41, 5.74) is 1.54. The van der Waals surface area contributed by atoms with Crippen LogP contribution in [-0.4, -0.2) is 126 Å². The standard InChI is InChI=1S/C51H81NO12/c1-31-16-12-11-13-17-33(3)43(60-8)29-39-21-19-37(7)51(59,64-39)48(56)49(57)52-23-15-14-18-40(52)50(58)63-44(35(5)27-38-20-22-41(53)45(28-38)61-9)30-42(54)34(4)26-36(6)47(55)46(62-10)25-32(2)24-31/h11-13,16-17,26,31-32,34-35,37-41,43-47,53,55,59H,14-15,18-25,27-30H2,1-10H3/b13-11?,16-12+,33-17?,36-26+/t31-,32-,34-,35-,37-,38?,39+,40+,41-,43+,44+,45-,46+,47-,51-/m1/s1. The van der Waals surface area contributed by atoms with E-state index in [0.29, 0.717) is 63.4 Å². The SMILES string of the molecule is CO[C@H]1C[C@@H]2CC[C@@H](C)[C@@](O)(O2)C(=O)C(=O)N2CCCC[C@H]2C(=O)O[C@H]([C@H](C)CC2CC[C@@H](O)[C@H](OC)C2)CC(=O)[C@H](C)/C=C(\C)[C@@H](O)[C@@H](OC)C[C@H](C)C[C@H](C)/C=C/C=CC=C1C. The number of esters is 1. The summed E-state index contributed by atoms with van der Waals surface area (Å²) in [6.45, 7) is 13.6. The first-order valence-electron chi connectivity index (χ1n) is 24.0. The summed E-state index contributed by atoms with van der Waals surface area (Å²) in [4.78, 5) is 58.1. The number of aliphatic hydroxyl groups is 3. The van der Waals surface area contributed by atoms with Crippen LogP contribution in [0.3, 0.4) is 0 Å². The molecule has 13 heteroatoms. The first-order chi connectivity index (χ1) is 30.3. The van der Waals surface area contributed by atoms with E-state index in [0.717, 1.165) is 18.4 Å². The van der Waals surface area contributed by atoms with E-state index < -0.39 is 71.8 Å². The fourth-order valence-corrected chi connectivity index (χ4v) is 10.3. The van der Waals surface area contributed by atoms with Crippen LogP contribution in [0.2, 0.25) is 0 Å². The predicted octanol–water partition coefficient (Wildman–Crippen LogP) is 7.00. The van der Waals surface area contributed by atoms with Crippen LogP contribution in [0.5, 0.6) is 0 Å². The molecule has 64 heavy (non-hydrogen) atoms. The molecule has 13 nitrogen and oxygen atoms in total. The topological polar surface area (TPSA) is 178 Å². The Hall–Kier alpha value is -3.04. The number of nitrogens with zero attached hydrogens (tertiary/aromatic N) is 1. The largest absolute Gasteiger partial charge is 0.460 e. The molecule has 2 bridgehead atoms. The number of rotatable bonds is 6. The fourth-order valence-electron chi connectivity index (χ4n) is 10.3. The fraction of sp³-hybridized carbons (Fsp3) is 0.765. The lowest BCUT2D eigenvalue weighted by Gasteiger charge is -2.42. The van der Waals surface area contributed by atoms with Gasteiger partial charge < -0.3 is 43.9 Å². The van der Waals surface area contributed by atoms with E-state index in [9.17, 15) is 34.5 Å². The molecule has 362 valence electrons. The van der Waals surface area contributed by atoms with E-state index in [4.69, 9.17) is 23.7 Å². The van der Waals surface area contributed by atoms with E-state index in [2.05, 4.69) is 19.9 Å². The van der Waals surface area contributed by atoms with Gasteiger partial charge in [0, 0.05) is 52.6 Å². The van der Waals surface area contributed by atoms with E-state index in [1.165, 1.54) is 4.90 Å². The molecular formula is C51H81NO12. The van der Waals surface area contributed by atoms with E-state index in [-0.39, 0.29) is 61.0 Å². The minimum Gasteiger partial charge on any atom is -0.460 e. The maximum absolute atomic E-state index is 14.4. The highest BCUT2D eigenvalue weighted by Crippen LogP contribution is 2.38. The lowest BCUT2D eigenvalue weighted by Crippen LogP contribution is -2.61. The number of methoxy groups -OCH3 is 3. The molecule has 3 aliphatic heterocycles. The van der Waals surface area contributed by atoms with Gasteiger partial charge >= 0.3 is 5.97 Å². The molecule has 4 rings (SSSR count). The minimum atomic E-state index is -2.40. The first-order valence-corrected chi connectivity index (χ1v) is 24.0. The summed E-state index contributed by atoms with van der Waals surface area (Å²) >= 11 is 0. The number of ether oxygens (including phenoxy) is 5. The van der Waals surface area contributed by atoms with Crippen LogP contribution in [-0.2, 0) is 42.9 Å². The molecule has 0 radical (unpaired) electrons. The molecule has 1 amide bonds. The molecule has 2 saturated heterocycles. The summed E-state index contributed by atoms with van der Waals surface area (Å²) in [6.07, 6.45) is 14.3. The highest BCUT2D eigenvalue weighted by molar-refractivity contribution is 6.39. The Bertz CT molecular complexity index is 1670. The molecule has 3 heterocycles.